The molecule has 0 amide bonds. The Bertz CT molecular complexity index is 506. The van der Waals surface area contributed by atoms with Gasteiger partial charge in [-0.05, 0) is 84.1 Å². The van der Waals surface area contributed by atoms with Crippen LogP contribution in [0.25, 0.3) is 0 Å². The maximum absolute atomic E-state index is 2.70. The third kappa shape index (κ3) is 2.56. The summed E-state index contributed by atoms with van der Waals surface area (Å²) >= 11 is 0. The van der Waals surface area contributed by atoms with Gasteiger partial charge in [0.1, 0.15) is 0 Å². The van der Waals surface area contributed by atoms with Gasteiger partial charge >= 0.3 is 0 Å². The number of hydrogen-bond acceptors (Lipinski definition) is 0. The Kier molecular flexibility index (Phi) is 4.24. The van der Waals surface area contributed by atoms with Crippen LogP contribution in [-0.4, -0.2) is 16.1 Å². The zero-order valence-corrected chi connectivity index (χ0v) is 20.4. The molecule has 0 heterocycles. The van der Waals surface area contributed by atoms with Crippen molar-refractivity contribution in [2.75, 3.05) is 0 Å². The molecule has 0 N–H and O–H groups in total. The number of rotatable bonds is 2. The summed E-state index contributed by atoms with van der Waals surface area (Å²) in [6, 6.07) is 0. The first-order valence-electron chi connectivity index (χ1n) is 12.2. The van der Waals surface area contributed by atoms with E-state index in [9.17, 15) is 0 Å². The Morgan fingerprint density at radius 1 is 0.462 bits per heavy atom. The normalized spacial score (nSPS) is 53.3. The molecule has 0 radical (unpaired) electrons. The van der Waals surface area contributed by atoms with E-state index in [2.05, 4.69) is 39.3 Å². The predicted octanol–water partition coefficient (Wildman–Crippen LogP) is 7.52. The average Bonchev–Trinajstić information content (AvgIpc) is 3.12. The molecule has 0 aliphatic heterocycles. The van der Waals surface area contributed by atoms with Crippen molar-refractivity contribution >= 4 is 16.1 Å². The van der Waals surface area contributed by atoms with Crippen LogP contribution in [0, 0.1) is 47.3 Å². The molecule has 0 spiro atoms. The molecule has 0 aromatic rings. The maximum Gasteiger partial charge on any atom is 0.0476 e. The molecule has 0 saturated heterocycles. The summed E-state index contributed by atoms with van der Waals surface area (Å²) in [6.07, 6.45) is 12.9. The van der Waals surface area contributed by atoms with Crippen LogP contribution in [0.1, 0.15) is 51.4 Å². The van der Waals surface area contributed by atoms with E-state index in [1.165, 1.54) is 11.8 Å². The van der Waals surface area contributed by atoms with Crippen molar-refractivity contribution in [3.05, 3.63) is 0 Å². The lowest BCUT2D eigenvalue weighted by molar-refractivity contribution is -0.0569. The first kappa shape index (κ1) is 18.5. The third-order valence-electron chi connectivity index (χ3n) is 10.5. The topological polar surface area (TPSA) is 0 Å². The fourth-order valence-corrected chi connectivity index (χ4v) is 15.3. The third-order valence-corrected chi connectivity index (χ3v) is 16.3. The van der Waals surface area contributed by atoms with Gasteiger partial charge in [-0.3, -0.25) is 0 Å². The minimum atomic E-state index is -1.01. The SMILES string of the molecule is C[Si](C)(C)C1CC2C3CCCC4C3C(CC4[Si](C)(C)C)C3CCCC1C32. The van der Waals surface area contributed by atoms with Crippen LogP contribution in [-0.2, 0) is 0 Å². The molecule has 5 rings (SSSR count). The van der Waals surface area contributed by atoms with Gasteiger partial charge in [-0.1, -0.05) is 65.0 Å². The van der Waals surface area contributed by atoms with Gasteiger partial charge in [0.25, 0.3) is 0 Å². The number of hydrogen-bond donors (Lipinski definition) is 0. The Morgan fingerprint density at radius 3 is 1.15 bits per heavy atom. The molecule has 10 atom stereocenters. The van der Waals surface area contributed by atoms with Crippen LogP contribution in [0.5, 0.6) is 0 Å². The van der Waals surface area contributed by atoms with E-state index < -0.39 is 16.1 Å². The van der Waals surface area contributed by atoms with Gasteiger partial charge in [0.2, 0.25) is 0 Å². The number of fused-ring (bicyclic) bond motifs is 2. The quantitative estimate of drug-likeness (QED) is 0.429. The molecule has 2 heteroatoms. The Morgan fingerprint density at radius 2 is 0.808 bits per heavy atom. The summed E-state index contributed by atoms with van der Waals surface area (Å²) in [5.41, 5.74) is 2.32. The minimum absolute atomic E-state index is 1.01. The standard InChI is InChI=1S/C24H44Si2/c1-25(2,3)21-13-19-15-10-8-12-18-22(26(4,5)6)14-20(24(15)18)16-9-7-11-17(21)23(16)19/h15-24H,7-14H2,1-6H3. The average molecular weight is 389 g/mol. The fourth-order valence-electron chi connectivity index (χ4n) is 9.95. The van der Waals surface area contributed by atoms with Gasteiger partial charge in [0.15, 0.2) is 0 Å². The molecule has 0 aromatic carbocycles. The lowest BCUT2D eigenvalue weighted by Gasteiger charge is -2.54. The summed E-state index contributed by atoms with van der Waals surface area (Å²) in [6.45, 7) is 16.2. The van der Waals surface area contributed by atoms with E-state index in [4.69, 9.17) is 0 Å². The summed E-state index contributed by atoms with van der Waals surface area (Å²) in [4.78, 5) is 0. The highest BCUT2D eigenvalue weighted by Gasteiger charge is 2.64. The lowest BCUT2D eigenvalue weighted by atomic mass is 9.51. The van der Waals surface area contributed by atoms with Crippen LogP contribution in [0.3, 0.4) is 0 Å². The van der Waals surface area contributed by atoms with Gasteiger partial charge in [0, 0.05) is 16.1 Å². The van der Waals surface area contributed by atoms with Gasteiger partial charge in [-0.2, -0.15) is 0 Å². The lowest BCUT2D eigenvalue weighted by Crippen LogP contribution is -2.48. The molecular formula is C24H44Si2. The molecule has 5 aliphatic carbocycles. The predicted molar refractivity (Wildman–Crippen MR) is 119 cm³/mol. The Hall–Kier alpha value is 0.434. The minimum Gasteiger partial charge on any atom is -0.0693 e. The van der Waals surface area contributed by atoms with E-state index in [0.29, 0.717) is 0 Å². The van der Waals surface area contributed by atoms with Crippen molar-refractivity contribution in [1.82, 2.24) is 0 Å². The molecule has 5 saturated carbocycles. The molecule has 5 aliphatic rings. The van der Waals surface area contributed by atoms with Crippen LogP contribution >= 0.6 is 0 Å². The van der Waals surface area contributed by atoms with E-state index >= 15 is 0 Å². The van der Waals surface area contributed by atoms with Crippen LogP contribution in [0.2, 0.25) is 50.4 Å². The molecule has 5 fully saturated rings. The molecule has 0 nitrogen and oxygen atoms in total. The van der Waals surface area contributed by atoms with Crippen molar-refractivity contribution in [3.63, 3.8) is 0 Å². The van der Waals surface area contributed by atoms with Gasteiger partial charge in [-0.25, -0.2) is 0 Å². The van der Waals surface area contributed by atoms with E-state index in [1.54, 1.807) is 51.4 Å². The summed E-state index contributed by atoms with van der Waals surface area (Å²) < 4.78 is 0. The second kappa shape index (κ2) is 5.97. The van der Waals surface area contributed by atoms with Crippen molar-refractivity contribution < 1.29 is 0 Å². The monoisotopic (exact) mass is 388 g/mol. The Balaban J connectivity index is 1.53. The van der Waals surface area contributed by atoms with Crippen molar-refractivity contribution in [1.29, 1.82) is 0 Å². The summed E-state index contributed by atoms with van der Waals surface area (Å²) in [7, 11) is -2.01. The molecular weight excluding hydrogens is 344 g/mol. The van der Waals surface area contributed by atoms with Crippen molar-refractivity contribution in [2.45, 2.75) is 102 Å². The second-order valence-electron chi connectivity index (χ2n) is 13.4. The fraction of sp³-hybridized carbons (Fsp3) is 1.00. The summed E-state index contributed by atoms with van der Waals surface area (Å²) in [5, 5.41) is 0. The molecule has 10 unspecified atom stereocenters. The zero-order chi connectivity index (χ0) is 18.4. The highest BCUT2D eigenvalue weighted by Crippen LogP contribution is 2.72. The van der Waals surface area contributed by atoms with Crippen molar-refractivity contribution in [3.8, 4) is 0 Å². The molecule has 148 valence electrons. The first-order chi connectivity index (χ1) is 12.2. The van der Waals surface area contributed by atoms with E-state index in [0.717, 1.165) is 46.6 Å². The van der Waals surface area contributed by atoms with Crippen LogP contribution in [0.15, 0.2) is 0 Å². The molecule has 0 aromatic heterocycles. The van der Waals surface area contributed by atoms with Crippen LogP contribution in [0.4, 0.5) is 0 Å². The molecule has 26 heavy (non-hydrogen) atoms. The second-order valence-corrected chi connectivity index (χ2v) is 24.4. The Labute approximate surface area is 165 Å². The van der Waals surface area contributed by atoms with E-state index in [1.807, 2.05) is 0 Å². The zero-order valence-electron chi connectivity index (χ0n) is 18.4. The first-order valence-corrected chi connectivity index (χ1v) is 19.3. The van der Waals surface area contributed by atoms with Crippen molar-refractivity contribution in [2.24, 2.45) is 47.3 Å². The summed E-state index contributed by atoms with van der Waals surface area (Å²) in [5.74, 6) is 9.27. The molecule has 0 bridgehead atoms. The van der Waals surface area contributed by atoms with Gasteiger partial charge < -0.3 is 0 Å². The van der Waals surface area contributed by atoms with Gasteiger partial charge in [-0.15, -0.1) is 0 Å². The highest BCUT2D eigenvalue weighted by molar-refractivity contribution is 6.78. The largest absolute Gasteiger partial charge is 0.0693 e. The highest BCUT2D eigenvalue weighted by atomic mass is 28.3. The van der Waals surface area contributed by atoms with Crippen LogP contribution < -0.4 is 0 Å². The smallest absolute Gasteiger partial charge is 0.0476 e. The van der Waals surface area contributed by atoms with Gasteiger partial charge in [0.05, 0.1) is 0 Å². The maximum atomic E-state index is 2.70. The van der Waals surface area contributed by atoms with E-state index in [-0.39, 0.29) is 0 Å².